The van der Waals surface area contributed by atoms with Gasteiger partial charge in [0.15, 0.2) is 0 Å². The van der Waals surface area contributed by atoms with Crippen molar-refractivity contribution in [1.29, 1.82) is 0 Å². The topological polar surface area (TPSA) is 15.3 Å². The Morgan fingerprint density at radius 1 is 1.38 bits per heavy atom. The summed E-state index contributed by atoms with van der Waals surface area (Å²) in [5, 5.41) is 4.25. The van der Waals surface area contributed by atoms with Crippen LogP contribution >= 0.6 is 11.8 Å². The second-order valence-electron chi connectivity index (χ2n) is 4.56. The molecule has 1 heterocycles. The molecule has 0 bridgehead atoms. The van der Waals surface area contributed by atoms with Crippen LogP contribution in [0.25, 0.3) is 0 Å². The molecule has 3 heteroatoms. The molecule has 0 fully saturated rings. The van der Waals surface area contributed by atoms with Crippen LogP contribution in [-0.2, 0) is 6.42 Å². The average Bonchev–Trinajstić information content (AvgIpc) is 2.66. The highest BCUT2D eigenvalue weighted by atomic mass is 32.2. The highest BCUT2D eigenvalue weighted by Gasteiger charge is 2.20. The molecular formula is C13H20N2S. The predicted molar refractivity (Wildman–Crippen MR) is 71.2 cm³/mol. The minimum atomic E-state index is 0.722. The number of thioether (sulfide) groups is 1. The normalized spacial score (nSPS) is 19.1. The van der Waals surface area contributed by atoms with Crippen LogP contribution in [0.3, 0.4) is 0 Å². The molecule has 16 heavy (non-hydrogen) atoms. The van der Waals surface area contributed by atoms with Gasteiger partial charge in [-0.05, 0) is 32.1 Å². The van der Waals surface area contributed by atoms with E-state index in [0.717, 1.165) is 24.9 Å². The Bertz CT molecular complexity index is 313. The summed E-state index contributed by atoms with van der Waals surface area (Å²) in [6, 6.07) is 8.76. The third-order valence-electron chi connectivity index (χ3n) is 2.82. The molecule has 0 saturated carbocycles. The molecule has 1 aromatic carbocycles. The fourth-order valence-corrected chi connectivity index (χ4v) is 3.22. The van der Waals surface area contributed by atoms with Gasteiger partial charge in [0.05, 0.1) is 0 Å². The number of hydrogen-bond acceptors (Lipinski definition) is 3. The van der Waals surface area contributed by atoms with Crippen molar-refractivity contribution in [2.45, 2.75) is 16.6 Å². The van der Waals surface area contributed by atoms with E-state index in [4.69, 9.17) is 0 Å². The van der Waals surface area contributed by atoms with E-state index >= 15 is 0 Å². The molecule has 1 unspecified atom stereocenters. The van der Waals surface area contributed by atoms with E-state index in [2.05, 4.69) is 48.6 Å². The van der Waals surface area contributed by atoms with Gasteiger partial charge in [0, 0.05) is 29.8 Å². The zero-order valence-corrected chi connectivity index (χ0v) is 10.9. The van der Waals surface area contributed by atoms with Crippen molar-refractivity contribution in [3.8, 4) is 0 Å². The van der Waals surface area contributed by atoms with Gasteiger partial charge in [-0.15, -0.1) is 11.8 Å². The molecule has 0 aromatic heterocycles. The van der Waals surface area contributed by atoms with Crippen molar-refractivity contribution >= 4 is 11.8 Å². The predicted octanol–water partition coefficient (Wildman–Crippen LogP) is 1.85. The van der Waals surface area contributed by atoms with E-state index in [1.54, 1.807) is 0 Å². The van der Waals surface area contributed by atoms with Crippen LogP contribution in [0.1, 0.15) is 5.56 Å². The standard InChI is InChI=1S/C13H20N2S/c1-15(2)8-7-14-10-12-9-11-5-3-4-6-13(11)16-12/h3-6,12,14H,7-10H2,1-2H3. The van der Waals surface area contributed by atoms with Crippen LogP contribution in [0.5, 0.6) is 0 Å². The van der Waals surface area contributed by atoms with Gasteiger partial charge in [-0.25, -0.2) is 0 Å². The van der Waals surface area contributed by atoms with E-state index in [0.29, 0.717) is 0 Å². The molecule has 88 valence electrons. The smallest absolute Gasteiger partial charge is 0.0260 e. The molecule has 1 aliphatic rings. The quantitative estimate of drug-likeness (QED) is 0.786. The van der Waals surface area contributed by atoms with E-state index in [1.807, 2.05) is 11.8 Å². The van der Waals surface area contributed by atoms with Crippen LogP contribution in [0.2, 0.25) is 0 Å². The molecule has 0 radical (unpaired) electrons. The fourth-order valence-electron chi connectivity index (χ4n) is 1.93. The minimum absolute atomic E-state index is 0.722. The summed E-state index contributed by atoms with van der Waals surface area (Å²) in [4.78, 5) is 3.69. The molecule has 0 amide bonds. The Kier molecular flexibility index (Phi) is 4.27. The van der Waals surface area contributed by atoms with Crippen molar-refractivity contribution < 1.29 is 0 Å². The number of likely N-dealkylation sites (N-methyl/N-ethyl adjacent to an activating group) is 1. The van der Waals surface area contributed by atoms with Gasteiger partial charge in [0.2, 0.25) is 0 Å². The highest BCUT2D eigenvalue weighted by molar-refractivity contribution is 8.00. The van der Waals surface area contributed by atoms with Crippen LogP contribution in [0.4, 0.5) is 0 Å². The van der Waals surface area contributed by atoms with Gasteiger partial charge in [0.1, 0.15) is 0 Å². The molecule has 0 spiro atoms. The summed E-state index contributed by atoms with van der Waals surface area (Å²) in [5.41, 5.74) is 1.52. The SMILES string of the molecule is CN(C)CCNCC1Cc2ccccc2S1. The maximum atomic E-state index is 3.53. The lowest BCUT2D eigenvalue weighted by molar-refractivity contribution is 0.400. The van der Waals surface area contributed by atoms with Crippen molar-refractivity contribution in [3.05, 3.63) is 29.8 Å². The number of hydrogen-bond donors (Lipinski definition) is 1. The molecule has 0 saturated heterocycles. The Morgan fingerprint density at radius 3 is 2.94 bits per heavy atom. The van der Waals surface area contributed by atoms with Crippen molar-refractivity contribution in [3.63, 3.8) is 0 Å². The lowest BCUT2D eigenvalue weighted by Gasteiger charge is -2.13. The zero-order chi connectivity index (χ0) is 11.4. The first-order chi connectivity index (χ1) is 7.75. The summed E-state index contributed by atoms with van der Waals surface area (Å²) in [6.45, 7) is 3.32. The van der Waals surface area contributed by atoms with Gasteiger partial charge in [0.25, 0.3) is 0 Å². The summed E-state index contributed by atoms with van der Waals surface area (Å²) in [5.74, 6) is 0. The maximum absolute atomic E-state index is 3.53. The second kappa shape index (κ2) is 5.71. The first-order valence-electron chi connectivity index (χ1n) is 5.85. The number of nitrogens with one attached hydrogen (secondary N) is 1. The summed E-state index contributed by atoms with van der Waals surface area (Å²) >= 11 is 2.02. The average molecular weight is 236 g/mol. The second-order valence-corrected chi connectivity index (χ2v) is 5.90. The maximum Gasteiger partial charge on any atom is 0.0260 e. The summed E-state index contributed by atoms with van der Waals surface area (Å²) < 4.78 is 0. The fraction of sp³-hybridized carbons (Fsp3) is 0.538. The van der Waals surface area contributed by atoms with Crippen molar-refractivity contribution in [1.82, 2.24) is 10.2 Å². The van der Waals surface area contributed by atoms with Gasteiger partial charge in [-0.2, -0.15) is 0 Å². The van der Waals surface area contributed by atoms with Crippen LogP contribution in [-0.4, -0.2) is 43.9 Å². The number of rotatable bonds is 5. The third-order valence-corrected chi connectivity index (χ3v) is 4.14. The lowest BCUT2D eigenvalue weighted by atomic mass is 10.1. The number of fused-ring (bicyclic) bond motifs is 1. The molecule has 1 aliphatic heterocycles. The molecule has 0 aliphatic carbocycles. The summed E-state index contributed by atoms with van der Waals surface area (Å²) in [7, 11) is 4.23. The first-order valence-corrected chi connectivity index (χ1v) is 6.73. The van der Waals surface area contributed by atoms with Crippen LogP contribution < -0.4 is 5.32 Å². The highest BCUT2D eigenvalue weighted by Crippen LogP contribution is 2.36. The Hall–Kier alpha value is -0.510. The van der Waals surface area contributed by atoms with Crippen LogP contribution in [0, 0.1) is 0 Å². The molecule has 2 nitrogen and oxygen atoms in total. The Labute approximate surface area is 102 Å². The summed E-state index contributed by atoms with van der Waals surface area (Å²) in [6.07, 6.45) is 1.22. The van der Waals surface area contributed by atoms with Crippen molar-refractivity contribution in [2.75, 3.05) is 33.7 Å². The molecule has 1 aromatic rings. The number of benzene rings is 1. The molecule has 1 atom stereocenters. The van der Waals surface area contributed by atoms with Gasteiger partial charge < -0.3 is 10.2 Å². The Balaban J connectivity index is 1.71. The van der Waals surface area contributed by atoms with Crippen molar-refractivity contribution in [2.24, 2.45) is 0 Å². The number of nitrogens with zero attached hydrogens (tertiary/aromatic N) is 1. The van der Waals surface area contributed by atoms with E-state index in [-0.39, 0.29) is 0 Å². The van der Waals surface area contributed by atoms with E-state index in [1.165, 1.54) is 16.9 Å². The van der Waals surface area contributed by atoms with Gasteiger partial charge in [-0.3, -0.25) is 0 Å². The van der Waals surface area contributed by atoms with E-state index in [9.17, 15) is 0 Å². The largest absolute Gasteiger partial charge is 0.314 e. The molecule has 1 N–H and O–H groups in total. The van der Waals surface area contributed by atoms with Gasteiger partial charge in [-0.1, -0.05) is 18.2 Å². The van der Waals surface area contributed by atoms with E-state index < -0.39 is 0 Å². The third kappa shape index (κ3) is 3.24. The zero-order valence-electron chi connectivity index (χ0n) is 10.1. The Morgan fingerprint density at radius 2 is 2.19 bits per heavy atom. The minimum Gasteiger partial charge on any atom is -0.314 e. The van der Waals surface area contributed by atoms with Gasteiger partial charge >= 0.3 is 0 Å². The molecular weight excluding hydrogens is 216 g/mol. The first kappa shape index (κ1) is 12.0. The van der Waals surface area contributed by atoms with Crippen LogP contribution in [0.15, 0.2) is 29.2 Å². The lowest BCUT2D eigenvalue weighted by Crippen LogP contribution is -2.31. The molecule has 2 rings (SSSR count). The monoisotopic (exact) mass is 236 g/mol.